The molecule has 0 saturated heterocycles. The van der Waals surface area contributed by atoms with E-state index >= 15 is 0 Å². The highest BCUT2D eigenvalue weighted by atomic mass is 35.5. The highest BCUT2D eigenvalue weighted by molar-refractivity contribution is 8.00. The number of fused-ring (bicyclic) bond motifs is 1. The molecule has 142 valence electrons. The molecule has 7 heteroatoms. The first-order valence-corrected chi connectivity index (χ1v) is 11.0. The highest BCUT2D eigenvalue weighted by Gasteiger charge is 2.21. The first-order chi connectivity index (χ1) is 12.9. The zero-order chi connectivity index (χ0) is 19.4. The summed E-state index contributed by atoms with van der Waals surface area (Å²) in [4.78, 5) is 21.8. The van der Waals surface area contributed by atoms with Crippen molar-refractivity contribution in [1.29, 1.82) is 0 Å². The van der Waals surface area contributed by atoms with E-state index < -0.39 is 0 Å². The second-order valence-corrected chi connectivity index (χ2v) is 9.21. The lowest BCUT2D eigenvalue weighted by molar-refractivity contribution is -0.856. The second-order valence-electron chi connectivity index (χ2n) is 6.71. The molecule has 3 rings (SSSR count). The molecular weight excluding hydrogens is 398 g/mol. The molecule has 0 unspecified atom stereocenters. The maximum Gasteiger partial charge on any atom is 0.239 e. The van der Waals surface area contributed by atoms with Gasteiger partial charge in [0.1, 0.15) is 0 Å². The summed E-state index contributed by atoms with van der Waals surface area (Å²) in [7, 11) is 4.18. The number of anilines is 1. The Hall–Kier alpha value is -1.60. The van der Waals surface area contributed by atoms with Gasteiger partial charge in [0.2, 0.25) is 5.91 Å². The summed E-state index contributed by atoms with van der Waals surface area (Å²) in [6, 6.07) is 13.8. The third-order valence-corrected chi connectivity index (χ3v) is 6.37. The van der Waals surface area contributed by atoms with E-state index in [0.29, 0.717) is 17.3 Å². The molecule has 4 nitrogen and oxygen atoms in total. The Balaban J connectivity index is 1.78. The van der Waals surface area contributed by atoms with E-state index in [2.05, 4.69) is 33.2 Å². The number of carbonyl (C=O) groups excluding carboxylic acids is 1. The predicted octanol–water partition coefficient (Wildman–Crippen LogP) is 3.53. The molecule has 1 aromatic heterocycles. The fourth-order valence-electron chi connectivity index (χ4n) is 2.55. The summed E-state index contributed by atoms with van der Waals surface area (Å²) in [6.45, 7) is 3.59. The van der Waals surface area contributed by atoms with Crippen molar-refractivity contribution in [3.05, 3.63) is 53.1 Å². The minimum Gasteiger partial charge on any atom is -0.338 e. The number of thioether (sulfide) groups is 1. The Kier molecular flexibility index (Phi) is 6.76. The normalized spacial score (nSPS) is 11.3. The molecule has 0 bridgehead atoms. The van der Waals surface area contributed by atoms with Crippen LogP contribution in [-0.4, -0.2) is 43.8 Å². The van der Waals surface area contributed by atoms with Crippen molar-refractivity contribution in [2.45, 2.75) is 11.8 Å². The topological polar surface area (TPSA) is 37.6 Å². The zero-order valence-corrected chi connectivity index (χ0v) is 18.0. The lowest BCUT2D eigenvalue weighted by Crippen LogP contribution is -3.06. The van der Waals surface area contributed by atoms with Crippen molar-refractivity contribution in [3.63, 3.8) is 0 Å². The molecule has 0 atom stereocenters. The standard InChI is InChI=1S/C20H22ClN3OS2/c1-14-4-9-17-18(12-14)27-20(22-17)24(11-10-23(2)3)19(25)13-26-16-7-5-15(21)6-8-16/h4-9,12H,10-11,13H2,1-3H3/p+1. The molecule has 0 spiro atoms. The molecule has 0 aliphatic carbocycles. The molecule has 0 aliphatic heterocycles. The van der Waals surface area contributed by atoms with Crippen molar-refractivity contribution in [3.8, 4) is 0 Å². The number of likely N-dealkylation sites (N-methyl/N-ethyl adjacent to an activating group) is 1. The van der Waals surface area contributed by atoms with Crippen LogP contribution < -0.4 is 9.80 Å². The molecule has 0 saturated carbocycles. The maximum atomic E-state index is 13.0. The van der Waals surface area contributed by atoms with Crippen molar-refractivity contribution >= 4 is 56.0 Å². The third-order valence-electron chi connectivity index (χ3n) is 4.08. The Labute approximate surface area is 173 Å². The first kappa shape index (κ1) is 20.1. The van der Waals surface area contributed by atoms with Crippen LogP contribution in [0.3, 0.4) is 0 Å². The summed E-state index contributed by atoms with van der Waals surface area (Å²) < 4.78 is 1.12. The summed E-state index contributed by atoms with van der Waals surface area (Å²) in [5.74, 6) is 0.450. The zero-order valence-electron chi connectivity index (χ0n) is 15.7. The highest BCUT2D eigenvalue weighted by Crippen LogP contribution is 2.30. The van der Waals surface area contributed by atoms with E-state index in [9.17, 15) is 4.79 Å². The number of thiazole rings is 1. The summed E-state index contributed by atoms with van der Waals surface area (Å²) in [5.41, 5.74) is 2.15. The van der Waals surface area contributed by atoms with Gasteiger partial charge in [-0.25, -0.2) is 4.98 Å². The van der Waals surface area contributed by atoms with E-state index in [0.717, 1.165) is 26.8 Å². The lowest BCUT2D eigenvalue weighted by atomic mass is 10.2. The quantitative estimate of drug-likeness (QED) is 0.594. The Morgan fingerprint density at radius 3 is 2.67 bits per heavy atom. The molecule has 1 N–H and O–H groups in total. The van der Waals surface area contributed by atoms with Gasteiger partial charge in [0.05, 0.1) is 43.2 Å². The van der Waals surface area contributed by atoms with Crippen LogP contribution in [0.25, 0.3) is 10.2 Å². The average molecular weight is 421 g/mol. The van der Waals surface area contributed by atoms with E-state index in [1.54, 1.807) is 11.3 Å². The molecule has 2 aromatic carbocycles. The van der Waals surface area contributed by atoms with Gasteiger partial charge in [-0.05, 0) is 48.9 Å². The number of halogens is 1. The van der Waals surface area contributed by atoms with Crippen LogP contribution in [0.15, 0.2) is 47.4 Å². The first-order valence-electron chi connectivity index (χ1n) is 8.77. The number of rotatable bonds is 7. The monoisotopic (exact) mass is 420 g/mol. The van der Waals surface area contributed by atoms with Crippen molar-refractivity contribution in [2.75, 3.05) is 37.8 Å². The van der Waals surface area contributed by atoms with Crippen LogP contribution >= 0.6 is 34.7 Å². The van der Waals surface area contributed by atoms with E-state index in [1.807, 2.05) is 35.2 Å². The molecule has 0 aliphatic rings. The number of nitrogens with zero attached hydrogens (tertiary/aromatic N) is 2. The Bertz CT molecular complexity index is 925. The van der Waals surface area contributed by atoms with Crippen LogP contribution in [0.2, 0.25) is 5.02 Å². The van der Waals surface area contributed by atoms with Gasteiger partial charge in [0.25, 0.3) is 0 Å². The Morgan fingerprint density at radius 2 is 1.96 bits per heavy atom. The van der Waals surface area contributed by atoms with Crippen LogP contribution in [-0.2, 0) is 4.79 Å². The molecule has 0 radical (unpaired) electrons. The average Bonchev–Trinajstić information content (AvgIpc) is 3.03. The van der Waals surface area contributed by atoms with E-state index in [4.69, 9.17) is 16.6 Å². The second kappa shape index (κ2) is 9.06. The number of carbonyl (C=O) groups is 1. The number of amides is 1. The van der Waals surface area contributed by atoms with E-state index in [1.165, 1.54) is 22.2 Å². The largest absolute Gasteiger partial charge is 0.338 e. The predicted molar refractivity (Wildman–Crippen MR) is 117 cm³/mol. The van der Waals surface area contributed by atoms with Crippen molar-refractivity contribution in [2.24, 2.45) is 0 Å². The Morgan fingerprint density at radius 1 is 1.22 bits per heavy atom. The van der Waals surface area contributed by atoms with Gasteiger partial charge in [-0.15, -0.1) is 11.8 Å². The number of hydrogen-bond donors (Lipinski definition) is 1. The summed E-state index contributed by atoms with van der Waals surface area (Å²) >= 11 is 9.04. The molecular formula is C20H23ClN3OS2+. The number of aromatic nitrogens is 1. The lowest BCUT2D eigenvalue weighted by Gasteiger charge is -2.20. The number of aryl methyl sites for hydroxylation is 1. The molecule has 3 aromatic rings. The van der Waals surface area contributed by atoms with Crippen LogP contribution in [0.1, 0.15) is 5.56 Å². The van der Waals surface area contributed by atoms with Gasteiger partial charge in [-0.3, -0.25) is 9.69 Å². The minimum atomic E-state index is 0.0759. The smallest absolute Gasteiger partial charge is 0.239 e. The number of nitrogens with one attached hydrogen (secondary N) is 1. The molecule has 27 heavy (non-hydrogen) atoms. The van der Waals surface area contributed by atoms with Gasteiger partial charge < -0.3 is 4.90 Å². The molecule has 1 amide bonds. The fourth-order valence-corrected chi connectivity index (χ4v) is 4.56. The number of hydrogen-bond acceptors (Lipinski definition) is 4. The van der Waals surface area contributed by atoms with Crippen LogP contribution in [0.4, 0.5) is 5.13 Å². The third kappa shape index (κ3) is 5.45. The van der Waals surface area contributed by atoms with Crippen molar-refractivity contribution in [1.82, 2.24) is 4.98 Å². The fraction of sp³-hybridized carbons (Fsp3) is 0.300. The maximum absolute atomic E-state index is 13.0. The SMILES string of the molecule is Cc1ccc2nc(N(CC[NH+](C)C)C(=O)CSc3ccc(Cl)cc3)sc2c1. The van der Waals surface area contributed by atoms with Crippen LogP contribution in [0.5, 0.6) is 0 Å². The minimum absolute atomic E-state index is 0.0759. The van der Waals surface area contributed by atoms with Gasteiger partial charge in [0, 0.05) is 9.92 Å². The molecule has 0 fully saturated rings. The van der Waals surface area contributed by atoms with Crippen molar-refractivity contribution < 1.29 is 9.69 Å². The van der Waals surface area contributed by atoms with Gasteiger partial charge in [-0.1, -0.05) is 29.0 Å². The van der Waals surface area contributed by atoms with Gasteiger partial charge >= 0.3 is 0 Å². The number of benzene rings is 2. The van der Waals surface area contributed by atoms with Gasteiger partial charge in [0.15, 0.2) is 5.13 Å². The van der Waals surface area contributed by atoms with E-state index in [-0.39, 0.29) is 5.91 Å². The molecule has 1 heterocycles. The number of quaternary nitrogens is 1. The summed E-state index contributed by atoms with van der Waals surface area (Å²) in [5, 5.41) is 1.48. The summed E-state index contributed by atoms with van der Waals surface area (Å²) in [6.07, 6.45) is 0. The van der Waals surface area contributed by atoms with Crippen LogP contribution in [0, 0.1) is 6.92 Å². The van der Waals surface area contributed by atoms with Gasteiger partial charge in [-0.2, -0.15) is 0 Å².